The first-order valence-electron chi connectivity index (χ1n) is 4.64. The Balaban J connectivity index is 3.21. The third-order valence-electron chi connectivity index (χ3n) is 1.62. The molecule has 0 spiro atoms. The summed E-state index contributed by atoms with van der Waals surface area (Å²) in [6, 6.07) is 0.359. The van der Waals surface area contributed by atoms with Gasteiger partial charge in [-0.3, -0.25) is 0 Å². The van der Waals surface area contributed by atoms with E-state index in [1.54, 1.807) is 0 Å². The molecule has 0 aromatic rings. The van der Waals surface area contributed by atoms with Crippen LogP contribution in [0.4, 0.5) is 0 Å². The van der Waals surface area contributed by atoms with Gasteiger partial charge in [0.2, 0.25) is 0 Å². The monoisotopic (exact) mass is 187 g/mol. The van der Waals surface area contributed by atoms with E-state index in [4.69, 9.17) is 5.73 Å². The summed E-state index contributed by atoms with van der Waals surface area (Å²) in [6.07, 6.45) is 3.41. The average molecular weight is 187 g/mol. The second-order valence-corrected chi connectivity index (χ2v) is 4.48. The normalized spacial score (nSPS) is 12.9. The third kappa shape index (κ3) is 8.15. The van der Waals surface area contributed by atoms with E-state index >= 15 is 0 Å². The zero-order valence-electron chi connectivity index (χ0n) is 8.31. The van der Waals surface area contributed by atoms with Gasteiger partial charge in [-0.15, -0.1) is 6.58 Å². The van der Waals surface area contributed by atoms with Crippen molar-refractivity contribution in [3.05, 3.63) is 12.2 Å². The van der Waals surface area contributed by atoms with Gasteiger partial charge in [-0.2, -0.15) is 11.8 Å². The lowest BCUT2D eigenvalue weighted by Crippen LogP contribution is -2.22. The van der Waals surface area contributed by atoms with Gasteiger partial charge in [-0.25, -0.2) is 0 Å². The SMILES string of the molecule is C=C(C)CCC(N)CSCCC. The van der Waals surface area contributed by atoms with E-state index < -0.39 is 0 Å². The lowest BCUT2D eigenvalue weighted by Gasteiger charge is -2.10. The second-order valence-electron chi connectivity index (χ2n) is 3.33. The molecule has 0 saturated carbocycles. The van der Waals surface area contributed by atoms with Crippen molar-refractivity contribution in [1.29, 1.82) is 0 Å². The van der Waals surface area contributed by atoms with Crippen molar-refractivity contribution in [3.63, 3.8) is 0 Å². The minimum Gasteiger partial charge on any atom is -0.327 e. The highest BCUT2D eigenvalue weighted by atomic mass is 32.2. The molecule has 1 nitrogen and oxygen atoms in total. The summed E-state index contributed by atoms with van der Waals surface area (Å²) >= 11 is 1.96. The fourth-order valence-corrected chi connectivity index (χ4v) is 1.82. The first-order valence-corrected chi connectivity index (χ1v) is 5.80. The Hall–Kier alpha value is 0.0500. The van der Waals surface area contributed by atoms with Gasteiger partial charge in [-0.1, -0.05) is 12.5 Å². The molecule has 0 amide bonds. The summed E-state index contributed by atoms with van der Waals surface area (Å²) in [6.45, 7) is 8.12. The van der Waals surface area contributed by atoms with Crippen LogP contribution in [0.15, 0.2) is 12.2 Å². The smallest absolute Gasteiger partial charge is 0.0133 e. The Morgan fingerprint density at radius 2 is 2.25 bits per heavy atom. The van der Waals surface area contributed by atoms with Crippen molar-refractivity contribution >= 4 is 11.8 Å². The molecule has 1 unspecified atom stereocenters. The summed E-state index contributed by atoms with van der Waals surface area (Å²) in [5.74, 6) is 2.34. The molecule has 0 radical (unpaired) electrons. The van der Waals surface area contributed by atoms with Crippen LogP contribution in [0.25, 0.3) is 0 Å². The highest BCUT2D eigenvalue weighted by Crippen LogP contribution is 2.09. The Morgan fingerprint density at radius 3 is 2.75 bits per heavy atom. The molecule has 72 valence electrons. The molecule has 12 heavy (non-hydrogen) atoms. The summed E-state index contributed by atoms with van der Waals surface area (Å²) in [5, 5.41) is 0. The van der Waals surface area contributed by atoms with Crippen molar-refractivity contribution in [2.45, 2.75) is 39.2 Å². The molecule has 0 saturated heterocycles. The Kier molecular flexibility index (Phi) is 7.72. The van der Waals surface area contributed by atoms with Gasteiger partial charge in [0.25, 0.3) is 0 Å². The van der Waals surface area contributed by atoms with Crippen LogP contribution < -0.4 is 5.73 Å². The highest BCUT2D eigenvalue weighted by molar-refractivity contribution is 7.99. The highest BCUT2D eigenvalue weighted by Gasteiger charge is 2.01. The largest absolute Gasteiger partial charge is 0.327 e. The molecule has 2 heteroatoms. The van der Waals surface area contributed by atoms with Crippen LogP contribution in [-0.4, -0.2) is 17.5 Å². The van der Waals surface area contributed by atoms with Crippen molar-refractivity contribution in [3.8, 4) is 0 Å². The van der Waals surface area contributed by atoms with Gasteiger partial charge in [0.15, 0.2) is 0 Å². The van der Waals surface area contributed by atoms with Crippen LogP contribution in [0.2, 0.25) is 0 Å². The quantitative estimate of drug-likeness (QED) is 0.490. The van der Waals surface area contributed by atoms with Gasteiger partial charge in [-0.05, 0) is 31.9 Å². The first kappa shape index (κ1) is 12.0. The Labute approximate surface area is 80.8 Å². The predicted molar refractivity (Wildman–Crippen MR) is 59.6 cm³/mol. The molecule has 0 heterocycles. The van der Waals surface area contributed by atoms with Crippen molar-refractivity contribution in [2.75, 3.05) is 11.5 Å². The van der Waals surface area contributed by atoms with E-state index in [2.05, 4.69) is 20.4 Å². The van der Waals surface area contributed by atoms with Gasteiger partial charge < -0.3 is 5.73 Å². The molecule has 2 N–H and O–H groups in total. The van der Waals surface area contributed by atoms with Crippen molar-refractivity contribution in [1.82, 2.24) is 0 Å². The van der Waals surface area contributed by atoms with Crippen LogP contribution in [-0.2, 0) is 0 Å². The van der Waals surface area contributed by atoms with E-state index in [-0.39, 0.29) is 0 Å². The molecule has 0 fully saturated rings. The lowest BCUT2D eigenvalue weighted by atomic mass is 10.1. The summed E-state index contributed by atoms with van der Waals surface area (Å²) < 4.78 is 0. The molecule has 0 aromatic carbocycles. The Morgan fingerprint density at radius 1 is 1.58 bits per heavy atom. The van der Waals surface area contributed by atoms with Crippen LogP contribution in [0, 0.1) is 0 Å². The van der Waals surface area contributed by atoms with E-state index in [9.17, 15) is 0 Å². The molecule has 0 aliphatic carbocycles. The number of rotatable bonds is 7. The first-order chi connectivity index (χ1) is 5.66. The van der Waals surface area contributed by atoms with Gasteiger partial charge in [0.05, 0.1) is 0 Å². The minimum absolute atomic E-state index is 0.359. The maximum atomic E-state index is 5.90. The molecule has 0 aliphatic heterocycles. The van der Waals surface area contributed by atoms with E-state index in [0.717, 1.165) is 18.6 Å². The molecule has 0 rings (SSSR count). The minimum atomic E-state index is 0.359. The third-order valence-corrected chi connectivity index (χ3v) is 2.98. The molecule has 0 aromatic heterocycles. The molecule has 0 bridgehead atoms. The van der Waals surface area contributed by atoms with Crippen LogP contribution >= 0.6 is 11.8 Å². The summed E-state index contributed by atoms with van der Waals surface area (Å²) in [4.78, 5) is 0. The van der Waals surface area contributed by atoms with Crippen LogP contribution in [0.5, 0.6) is 0 Å². The summed E-state index contributed by atoms with van der Waals surface area (Å²) in [7, 11) is 0. The Bertz CT molecular complexity index is 123. The number of hydrogen-bond acceptors (Lipinski definition) is 2. The van der Waals surface area contributed by atoms with Gasteiger partial charge in [0, 0.05) is 11.8 Å². The second kappa shape index (κ2) is 7.69. The maximum Gasteiger partial charge on any atom is 0.0133 e. The fraction of sp³-hybridized carbons (Fsp3) is 0.800. The number of allylic oxidation sites excluding steroid dienone is 1. The standard InChI is InChI=1S/C10H21NS/c1-4-7-12-8-10(11)6-5-9(2)3/h10H,2,4-8,11H2,1,3H3. The van der Waals surface area contributed by atoms with Gasteiger partial charge in [0.1, 0.15) is 0 Å². The number of nitrogens with two attached hydrogens (primary N) is 1. The topological polar surface area (TPSA) is 26.0 Å². The molecule has 0 aliphatic rings. The van der Waals surface area contributed by atoms with Gasteiger partial charge >= 0.3 is 0 Å². The lowest BCUT2D eigenvalue weighted by molar-refractivity contribution is 0.672. The van der Waals surface area contributed by atoms with E-state index in [1.807, 2.05) is 11.8 Å². The molecule has 1 atom stereocenters. The maximum absolute atomic E-state index is 5.90. The van der Waals surface area contributed by atoms with E-state index in [0.29, 0.717) is 6.04 Å². The molecular formula is C10H21NS. The van der Waals surface area contributed by atoms with Crippen LogP contribution in [0.3, 0.4) is 0 Å². The fourth-order valence-electron chi connectivity index (χ4n) is 0.894. The van der Waals surface area contributed by atoms with E-state index in [1.165, 1.54) is 17.7 Å². The number of hydrogen-bond donors (Lipinski definition) is 1. The summed E-state index contributed by atoms with van der Waals surface area (Å²) in [5.41, 5.74) is 7.14. The van der Waals surface area contributed by atoms with Crippen molar-refractivity contribution < 1.29 is 0 Å². The molecular weight excluding hydrogens is 166 g/mol. The zero-order chi connectivity index (χ0) is 9.40. The average Bonchev–Trinajstić information content (AvgIpc) is 2.01. The predicted octanol–water partition coefficient (Wildman–Crippen LogP) is 2.81. The number of thioether (sulfide) groups is 1. The van der Waals surface area contributed by atoms with Crippen LogP contribution in [0.1, 0.15) is 33.1 Å². The zero-order valence-corrected chi connectivity index (χ0v) is 9.12. The van der Waals surface area contributed by atoms with Crippen molar-refractivity contribution in [2.24, 2.45) is 5.73 Å².